The zero-order valence-corrected chi connectivity index (χ0v) is 15.8. The number of para-hydroxylation sites is 1. The number of hydrogen-bond donors (Lipinski definition) is 0. The summed E-state index contributed by atoms with van der Waals surface area (Å²) >= 11 is 0. The maximum absolute atomic E-state index is 2.42. The summed E-state index contributed by atoms with van der Waals surface area (Å²) in [6.07, 6.45) is 8.86. The molecule has 1 nitrogen and oxygen atoms in total. The molecule has 1 unspecified atom stereocenters. The minimum absolute atomic E-state index is 0.145. The van der Waals surface area contributed by atoms with Gasteiger partial charge in [-0.25, -0.2) is 0 Å². The highest BCUT2D eigenvalue weighted by Crippen LogP contribution is 2.53. The first-order chi connectivity index (χ1) is 12.8. The van der Waals surface area contributed by atoms with E-state index < -0.39 is 7.92 Å². The minimum atomic E-state index is -0.626. The highest BCUT2D eigenvalue weighted by atomic mass is 31.1. The summed E-state index contributed by atoms with van der Waals surface area (Å²) < 4.78 is 0. The van der Waals surface area contributed by atoms with Gasteiger partial charge in [-0.3, -0.25) is 0 Å². The lowest BCUT2D eigenvalue weighted by atomic mass is 10.1. The molecule has 0 saturated carbocycles. The Labute approximate surface area is 157 Å². The third-order valence-corrected chi connectivity index (χ3v) is 7.66. The lowest BCUT2D eigenvalue weighted by Gasteiger charge is -2.46. The average Bonchev–Trinajstić information content (AvgIpc) is 2.71. The summed E-state index contributed by atoms with van der Waals surface area (Å²) in [7, 11) is -0.626. The highest BCUT2D eigenvalue weighted by molar-refractivity contribution is 7.74. The van der Waals surface area contributed by atoms with Gasteiger partial charge in [-0.05, 0) is 43.7 Å². The molecule has 0 aliphatic carbocycles. The monoisotopic (exact) mass is 355 g/mol. The van der Waals surface area contributed by atoms with E-state index in [2.05, 4.69) is 127 Å². The van der Waals surface area contributed by atoms with Gasteiger partial charge in [0.25, 0.3) is 0 Å². The summed E-state index contributed by atoms with van der Waals surface area (Å²) in [5.74, 6) is 0. The van der Waals surface area contributed by atoms with Gasteiger partial charge in [0.15, 0.2) is 0 Å². The van der Waals surface area contributed by atoms with E-state index in [-0.39, 0.29) is 5.28 Å². The van der Waals surface area contributed by atoms with Gasteiger partial charge in [0.05, 0.1) is 5.28 Å². The first-order valence-corrected chi connectivity index (χ1v) is 10.2. The van der Waals surface area contributed by atoms with E-state index in [1.807, 2.05) is 0 Å². The number of allylic oxidation sites excluding steroid dienone is 2. The van der Waals surface area contributed by atoms with Crippen molar-refractivity contribution in [1.29, 1.82) is 0 Å². The molecule has 0 bridgehead atoms. The molecule has 2 heteroatoms. The van der Waals surface area contributed by atoms with Crippen LogP contribution < -0.4 is 15.5 Å². The zero-order valence-electron chi connectivity index (χ0n) is 14.9. The second-order valence-electron chi connectivity index (χ2n) is 6.51. The van der Waals surface area contributed by atoms with Gasteiger partial charge in [-0.1, -0.05) is 91.0 Å². The third-order valence-electron chi connectivity index (χ3n) is 4.76. The van der Waals surface area contributed by atoms with Gasteiger partial charge in [0.2, 0.25) is 0 Å². The van der Waals surface area contributed by atoms with Crippen molar-refractivity contribution in [1.82, 2.24) is 0 Å². The van der Waals surface area contributed by atoms with Crippen LogP contribution in [-0.2, 0) is 0 Å². The molecule has 0 saturated heterocycles. The fourth-order valence-corrected chi connectivity index (χ4v) is 6.47. The smallest absolute Gasteiger partial charge is 0.0878 e. The maximum Gasteiger partial charge on any atom is 0.0878 e. The summed E-state index contributed by atoms with van der Waals surface area (Å²) in [6, 6.07) is 32.5. The van der Waals surface area contributed by atoms with E-state index in [1.165, 1.54) is 16.3 Å². The van der Waals surface area contributed by atoms with Crippen molar-refractivity contribution in [3.63, 3.8) is 0 Å². The molecule has 0 spiro atoms. The van der Waals surface area contributed by atoms with Crippen molar-refractivity contribution in [3.8, 4) is 0 Å². The fraction of sp³-hybridized carbons (Fsp3) is 0.0833. The molecule has 3 aromatic carbocycles. The molecule has 1 aliphatic rings. The van der Waals surface area contributed by atoms with Gasteiger partial charge in [0.1, 0.15) is 0 Å². The van der Waals surface area contributed by atoms with Crippen molar-refractivity contribution in [2.45, 2.75) is 12.2 Å². The molecule has 1 aliphatic heterocycles. The van der Waals surface area contributed by atoms with Gasteiger partial charge < -0.3 is 4.90 Å². The molecule has 1 heterocycles. The highest BCUT2D eigenvalue weighted by Gasteiger charge is 2.39. The summed E-state index contributed by atoms with van der Waals surface area (Å²) in [6.45, 7) is 2.35. The number of rotatable bonds is 4. The molecule has 4 rings (SSSR count). The van der Waals surface area contributed by atoms with Crippen LogP contribution >= 0.6 is 7.92 Å². The van der Waals surface area contributed by atoms with Crippen LogP contribution in [0.4, 0.5) is 5.69 Å². The molecular weight excluding hydrogens is 333 g/mol. The molecule has 0 amide bonds. The van der Waals surface area contributed by atoms with E-state index in [9.17, 15) is 0 Å². The Morgan fingerprint density at radius 1 is 0.654 bits per heavy atom. The van der Waals surface area contributed by atoms with Crippen molar-refractivity contribution in [3.05, 3.63) is 115 Å². The Hall–Kier alpha value is -2.63. The van der Waals surface area contributed by atoms with Crippen molar-refractivity contribution < 1.29 is 0 Å². The van der Waals surface area contributed by atoms with Crippen LogP contribution in [0.25, 0.3) is 0 Å². The van der Waals surface area contributed by atoms with E-state index in [1.54, 1.807) is 0 Å². The maximum atomic E-state index is 2.42. The van der Waals surface area contributed by atoms with E-state index in [0.29, 0.717) is 0 Å². The Kier molecular flexibility index (Phi) is 4.73. The first-order valence-electron chi connectivity index (χ1n) is 8.90. The second-order valence-corrected chi connectivity index (χ2v) is 9.12. The predicted molar refractivity (Wildman–Crippen MR) is 115 cm³/mol. The SMILES string of the molecule is CC1(P(c2ccccc2)c2ccccc2)C=CC=CN1c1ccccc1. The Morgan fingerprint density at radius 3 is 1.69 bits per heavy atom. The standard InChI is InChI=1S/C24H22NP/c1-24(19-11-12-20-25(24)21-13-5-2-6-14-21)26(22-15-7-3-8-16-22)23-17-9-4-10-18-23/h2-20H,1H3. The molecular formula is C24H22NP. The van der Waals surface area contributed by atoms with E-state index >= 15 is 0 Å². The van der Waals surface area contributed by atoms with Crippen LogP contribution in [0.15, 0.2) is 115 Å². The largest absolute Gasteiger partial charge is 0.334 e. The van der Waals surface area contributed by atoms with Crippen LogP contribution in [0.3, 0.4) is 0 Å². The van der Waals surface area contributed by atoms with Crippen LogP contribution in [0.1, 0.15) is 6.92 Å². The van der Waals surface area contributed by atoms with E-state index in [0.717, 1.165) is 0 Å². The van der Waals surface area contributed by atoms with Gasteiger partial charge >= 0.3 is 0 Å². The van der Waals surface area contributed by atoms with Crippen molar-refractivity contribution in [2.24, 2.45) is 0 Å². The first kappa shape index (κ1) is 16.8. The van der Waals surface area contributed by atoms with Crippen molar-refractivity contribution in [2.75, 3.05) is 4.90 Å². The predicted octanol–water partition coefficient (Wildman–Crippen LogP) is 5.43. The quantitative estimate of drug-likeness (QED) is 0.565. The second kappa shape index (κ2) is 7.32. The Bertz CT molecular complexity index is 863. The van der Waals surface area contributed by atoms with Crippen LogP contribution in [0.2, 0.25) is 0 Å². The molecule has 0 radical (unpaired) electrons. The number of hydrogen-bond acceptors (Lipinski definition) is 1. The topological polar surface area (TPSA) is 3.24 Å². The van der Waals surface area contributed by atoms with E-state index in [4.69, 9.17) is 0 Å². The third kappa shape index (κ3) is 3.11. The molecule has 0 fully saturated rings. The summed E-state index contributed by atoms with van der Waals surface area (Å²) in [5, 5.41) is 2.63. The number of benzene rings is 3. The molecule has 26 heavy (non-hydrogen) atoms. The van der Waals surface area contributed by atoms with Crippen molar-refractivity contribution >= 4 is 24.2 Å². The van der Waals surface area contributed by atoms with Gasteiger partial charge in [0, 0.05) is 11.9 Å². The average molecular weight is 355 g/mol. The Morgan fingerprint density at radius 2 is 1.15 bits per heavy atom. The molecule has 0 N–H and O–H groups in total. The van der Waals surface area contributed by atoms with Crippen LogP contribution in [0.5, 0.6) is 0 Å². The Balaban J connectivity index is 1.88. The lowest BCUT2D eigenvalue weighted by molar-refractivity contribution is 0.774. The minimum Gasteiger partial charge on any atom is -0.334 e. The molecule has 0 aromatic heterocycles. The van der Waals surface area contributed by atoms with Gasteiger partial charge in [-0.2, -0.15) is 0 Å². The summed E-state index contributed by atoms with van der Waals surface area (Å²) in [5.41, 5.74) is 1.22. The van der Waals surface area contributed by atoms with Gasteiger partial charge in [-0.15, -0.1) is 0 Å². The normalized spacial score (nSPS) is 19.1. The fourth-order valence-electron chi connectivity index (χ4n) is 3.55. The van der Waals surface area contributed by atoms with Crippen LogP contribution in [0, 0.1) is 0 Å². The zero-order chi connectivity index (χ0) is 17.8. The number of nitrogens with zero attached hydrogens (tertiary/aromatic N) is 1. The lowest BCUT2D eigenvalue weighted by Crippen LogP contribution is -2.45. The molecule has 128 valence electrons. The summed E-state index contributed by atoms with van der Waals surface area (Å²) in [4.78, 5) is 2.42. The molecule has 1 atom stereocenters. The van der Waals surface area contributed by atoms with Crippen LogP contribution in [-0.4, -0.2) is 5.28 Å². The molecule has 3 aromatic rings. The number of anilines is 1.